The van der Waals surface area contributed by atoms with Crippen molar-refractivity contribution in [3.8, 4) is 0 Å². The molecular weight excluding hydrogens is 266 g/mol. The van der Waals surface area contributed by atoms with E-state index in [1.54, 1.807) is 6.26 Å². The van der Waals surface area contributed by atoms with Gasteiger partial charge in [-0.25, -0.2) is 0 Å². The molecule has 0 saturated heterocycles. The van der Waals surface area contributed by atoms with E-state index in [-0.39, 0.29) is 12.5 Å². The summed E-state index contributed by atoms with van der Waals surface area (Å²) in [6, 6.07) is 7.50. The highest BCUT2D eigenvalue weighted by molar-refractivity contribution is 5.95. The van der Waals surface area contributed by atoms with Gasteiger partial charge in [-0.2, -0.15) is 0 Å². The summed E-state index contributed by atoms with van der Waals surface area (Å²) in [4.78, 5) is 14.0. The number of nitrogens with zero attached hydrogens (tertiary/aromatic N) is 1. The van der Waals surface area contributed by atoms with E-state index in [9.17, 15) is 4.79 Å². The molecule has 112 valence electrons. The van der Waals surface area contributed by atoms with Crippen LogP contribution in [0.1, 0.15) is 16.9 Å². The second-order valence-electron chi connectivity index (χ2n) is 5.31. The van der Waals surface area contributed by atoms with Crippen molar-refractivity contribution in [2.24, 2.45) is 0 Å². The van der Waals surface area contributed by atoms with Crippen LogP contribution in [0.4, 0.5) is 11.4 Å². The van der Waals surface area contributed by atoms with Crippen molar-refractivity contribution in [2.75, 3.05) is 24.6 Å². The summed E-state index contributed by atoms with van der Waals surface area (Å²) < 4.78 is 5.25. The lowest BCUT2D eigenvalue weighted by Crippen LogP contribution is -2.30. The van der Waals surface area contributed by atoms with Crippen LogP contribution >= 0.6 is 0 Å². The van der Waals surface area contributed by atoms with Gasteiger partial charge in [-0.3, -0.25) is 9.69 Å². The first-order valence-corrected chi connectivity index (χ1v) is 6.83. The normalized spacial score (nSPS) is 10.9. The molecule has 0 fully saturated rings. The highest BCUT2D eigenvalue weighted by Crippen LogP contribution is 2.19. The van der Waals surface area contributed by atoms with Crippen LogP contribution in [-0.2, 0) is 11.3 Å². The maximum absolute atomic E-state index is 12.0. The summed E-state index contributed by atoms with van der Waals surface area (Å²) in [5.41, 5.74) is 9.27. The third-order valence-electron chi connectivity index (χ3n) is 3.30. The van der Waals surface area contributed by atoms with Crippen LogP contribution < -0.4 is 11.1 Å². The molecule has 2 rings (SSSR count). The summed E-state index contributed by atoms with van der Waals surface area (Å²) in [5, 5.41) is 2.83. The van der Waals surface area contributed by atoms with E-state index in [0.29, 0.717) is 17.9 Å². The van der Waals surface area contributed by atoms with Crippen molar-refractivity contribution in [3.63, 3.8) is 0 Å². The molecule has 0 aliphatic heterocycles. The summed E-state index contributed by atoms with van der Waals surface area (Å²) in [7, 11) is 1.89. The van der Waals surface area contributed by atoms with Gasteiger partial charge in [-0.15, -0.1) is 0 Å². The van der Waals surface area contributed by atoms with Crippen molar-refractivity contribution in [1.29, 1.82) is 0 Å². The first-order chi connectivity index (χ1) is 9.95. The molecule has 0 radical (unpaired) electrons. The number of anilines is 2. The summed E-state index contributed by atoms with van der Waals surface area (Å²) in [6.07, 6.45) is 1.66. The number of nitrogen functional groups attached to an aromatic ring is 1. The van der Waals surface area contributed by atoms with E-state index in [0.717, 1.165) is 16.9 Å². The highest BCUT2D eigenvalue weighted by atomic mass is 16.3. The Morgan fingerprint density at radius 3 is 2.71 bits per heavy atom. The molecule has 0 aliphatic carbocycles. The Kier molecular flexibility index (Phi) is 4.65. The fraction of sp³-hybridized carbons (Fsp3) is 0.312. The predicted octanol–water partition coefficient (Wildman–Crippen LogP) is 2.55. The number of amides is 1. The second kappa shape index (κ2) is 6.45. The van der Waals surface area contributed by atoms with E-state index in [2.05, 4.69) is 5.32 Å². The van der Waals surface area contributed by atoms with Gasteiger partial charge in [0.05, 0.1) is 24.2 Å². The Morgan fingerprint density at radius 2 is 2.10 bits per heavy atom. The number of carbonyl (C=O) groups is 1. The number of hydrogen-bond donors (Lipinski definition) is 2. The van der Waals surface area contributed by atoms with Crippen LogP contribution in [0.3, 0.4) is 0 Å². The molecule has 1 aromatic carbocycles. The Balaban J connectivity index is 1.90. The van der Waals surface area contributed by atoms with Crippen molar-refractivity contribution < 1.29 is 9.21 Å². The number of likely N-dealkylation sites (N-methyl/N-ethyl adjacent to an activating group) is 1. The Bertz CT molecular complexity index is 634. The first-order valence-electron chi connectivity index (χ1n) is 6.83. The fourth-order valence-corrected chi connectivity index (χ4v) is 2.15. The maximum atomic E-state index is 12.0. The van der Waals surface area contributed by atoms with Crippen molar-refractivity contribution in [3.05, 3.63) is 47.4 Å². The Hall–Kier alpha value is -2.27. The number of benzene rings is 1. The summed E-state index contributed by atoms with van der Waals surface area (Å²) in [6.45, 7) is 4.83. The molecule has 3 N–H and O–H groups in total. The van der Waals surface area contributed by atoms with E-state index < -0.39 is 0 Å². The zero-order chi connectivity index (χ0) is 15.4. The molecule has 0 aliphatic rings. The molecule has 0 saturated carbocycles. The standard InChI is InChI=1S/C16H21N3O2/c1-11-4-5-15(14(17)8-11)18-16(20)10-19(3)9-13-6-7-21-12(13)2/h4-8H,9-10,17H2,1-3H3,(H,18,20). The molecule has 1 aromatic heterocycles. The van der Waals surface area contributed by atoms with Gasteiger partial charge in [0.25, 0.3) is 0 Å². The van der Waals surface area contributed by atoms with Crippen LogP contribution in [-0.4, -0.2) is 24.4 Å². The Labute approximate surface area is 124 Å². The molecule has 1 amide bonds. The lowest BCUT2D eigenvalue weighted by Gasteiger charge is -2.16. The minimum Gasteiger partial charge on any atom is -0.469 e. The van der Waals surface area contributed by atoms with Crippen LogP contribution in [0.15, 0.2) is 34.9 Å². The smallest absolute Gasteiger partial charge is 0.238 e. The average molecular weight is 287 g/mol. The maximum Gasteiger partial charge on any atom is 0.238 e. The molecule has 0 unspecified atom stereocenters. The summed E-state index contributed by atoms with van der Waals surface area (Å²) >= 11 is 0. The van der Waals surface area contributed by atoms with Gasteiger partial charge in [0.2, 0.25) is 5.91 Å². The van der Waals surface area contributed by atoms with E-state index in [1.807, 2.05) is 50.1 Å². The van der Waals surface area contributed by atoms with E-state index >= 15 is 0 Å². The zero-order valence-corrected chi connectivity index (χ0v) is 12.6. The highest BCUT2D eigenvalue weighted by Gasteiger charge is 2.11. The average Bonchev–Trinajstić information content (AvgIpc) is 2.78. The fourth-order valence-electron chi connectivity index (χ4n) is 2.15. The van der Waals surface area contributed by atoms with Crippen LogP contribution in [0.2, 0.25) is 0 Å². The molecule has 0 atom stereocenters. The van der Waals surface area contributed by atoms with Gasteiger partial charge in [0, 0.05) is 12.1 Å². The lowest BCUT2D eigenvalue weighted by molar-refractivity contribution is -0.117. The third kappa shape index (κ3) is 4.10. The molecule has 2 aromatic rings. The largest absolute Gasteiger partial charge is 0.469 e. The number of nitrogens with one attached hydrogen (secondary N) is 1. The van der Waals surface area contributed by atoms with Gasteiger partial charge in [-0.1, -0.05) is 6.07 Å². The monoisotopic (exact) mass is 287 g/mol. The summed E-state index contributed by atoms with van der Waals surface area (Å²) in [5.74, 6) is 0.791. The van der Waals surface area contributed by atoms with Gasteiger partial charge >= 0.3 is 0 Å². The first kappa shape index (κ1) is 15.1. The minimum absolute atomic E-state index is 0.0887. The van der Waals surface area contributed by atoms with Gasteiger partial charge in [-0.05, 0) is 44.7 Å². The van der Waals surface area contributed by atoms with Gasteiger partial charge in [0.15, 0.2) is 0 Å². The SMILES string of the molecule is Cc1ccc(NC(=O)CN(C)Cc2ccoc2C)c(N)c1. The molecule has 5 heteroatoms. The molecule has 0 bridgehead atoms. The zero-order valence-electron chi connectivity index (χ0n) is 12.6. The molecule has 21 heavy (non-hydrogen) atoms. The number of aryl methyl sites for hydroxylation is 2. The quantitative estimate of drug-likeness (QED) is 0.829. The molecule has 0 spiro atoms. The van der Waals surface area contributed by atoms with E-state index in [4.69, 9.17) is 10.2 Å². The topological polar surface area (TPSA) is 71.5 Å². The van der Waals surface area contributed by atoms with Crippen LogP contribution in [0.5, 0.6) is 0 Å². The van der Waals surface area contributed by atoms with Crippen LogP contribution in [0, 0.1) is 13.8 Å². The molecule has 5 nitrogen and oxygen atoms in total. The number of carbonyl (C=O) groups excluding carboxylic acids is 1. The number of nitrogens with two attached hydrogens (primary N) is 1. The third-order valence-corrected chi connectivity index (χ3v) is 3.30. The minimum atomic E-state index is -0.0887. The van der Waals surface area contributed by atoms with Crippen molar-refractivity contribution >= 4 is 17.3 Å². The second-order valence-corrected chi connectivity index (χ2v) is 5.31. The lowest BCUT2D eigenvalue weighted by atomic mass is 10.2. The van der Waals surface area contributed by atoms with Gasteiger partial charge < -0.3 is 15.5 Å². The predicted molar refractivity (Wildman–Crippen MR) is 84.0 cm³/mol. The van der Waals surface area contributed by atoms with Crippen LogP contribution in [0.25, 0.3) is 0 Å². The van der Waals surface area contributed by atoms with Gasteiger partial charge in [0.1, 0.15) is 5.76 Å². The number of hydrogen-bond acceptors (Lipinski definition) is 4. The van der Waals surface area contributed by atoms with Crippen molar-refractivity contribution in [1.82, 2.24) is 4.90 Å². The Morgan fingerprint density at radius 1 is 1.33 bits per heavy atom. The van der Waals surface area contributed by atoms with E-state index in [1.165, 1.54) is 0 Å². The number of furan rings is 1. The van der Waals surface area contributed by atoms with Crippen molar-refractivity contribution in [2.45, 2.75) is 20.4 Å². The molecule has 1 heterocycles. The molecular formula is C16H21N3O2. The number of rotatable bonds is 5.